The van der Waals surface area contributed by atoms with Gasteiger partial charge in [-0.2, -0.15) is 0 Å². The van der Waals surface area contributed by atoms with E-state index in [0.717, 1.165) is 34.6 Å². The highest BCUT2D eigenvalue weighted by molar-refractivity contribution is 6.00. The molecule has 0 spiro atoms. The molecule has 1 N–H and O–H groups in total. The van der Waals surface area contributed by atoms with E-state index in [-0.39, 0.29) is 5.91 Å². The molecule has 31 heavy (non-hydrogen) atoms. The summed E-state index contributed by atoms with van der Waals surface area (Å²) in [5.74, 6) is 0.555. The number of hydrogen-bond acceptors (Lipinski definition) is 3. The molecule has 6 nitrogen and oxygen atoms in total. The molecule has 4 heterocycles. The van der Waals surface area contributed by atoms with Crippen LogP contribution in [0.4, 0.5) is 0 Å². The lowest BCUT2D eigenvalue weighted by molar-refractivity contribution is 0.0948. The summed E-state index contributed by atoms with van der Waals surface area (Å²) in [6, 6.07) is 21.6. The molecule has 0 aliphatic heterocycles. The Balaban J connectivity index is 1.43. The van der Waals surface area contributed by atoms with Crippen LogP contribution in [0.3, 0.4) is 0 Å². The third-order valence-electron chi connectivity index (χ3n) is 5.16. The van der Waals surface area contributed by atoms with E-state index in [2.05, 4.69) is 14.9 Å². The Morgan fingerprint density at radius 3 is 2.58 bits per heavy atom. The van der Waals surface area contributed by atoms with E-state index in [1.165, 1.54) is 0 Å². The quantitative estimate of drug-likeness (QED) is 0.459. The van der Waals surface area contributed by atoms with Crippen molar-refractivity contribution in [2.24, 2.45) is 0 Å². The predicted molar refractivity (Wildman–Crippen MR) is 120 cm³/mol. The highest BCUT2D eigenvalue weighted by Gasteiger charge is 2.18. The molecule has 1 aromatic carbocycles. The summed E-state index contributed by atoms with van der Waals surface area (Å²) in [6.07, 6.45) is 9.62. The Morgan fingerprint density at radius 2 is 1.74 bits per heavy atom. The van der Waals surface area contributed by atoms with Crippen molar-refractivity contribution in [2.75, 3.05) is 0 Å². The Bertz CT molecular complexity index is 1320. The zero-order valence-electron chi connectivity index (χ0n) is 16.8. The van der Waals surface area contributed by atoms with Gasteiger partial charge in [0.25, 0.3) is 5.91 Å². The first-order valence-electron chi connectivity index (χ1n) is 10.1. The Morgan fingerprint density at radius 1 is 0.903 bits per heavy atom. The summed E-state index contributed by atoms with van der Waals surface area (Å²) in [5, 5.41) is 2.98. The van der Waals surface area contributed by atoms with Gasteiger partial charge >= 0.3 is 0 Å². The lowest BCUT2D eigenvalue weighted by Gasteiger charge is -2.03. The third-order valence-corrected chi connectivity index (χ3v) is 5.16. The van der Waals surface area contributed by atoms with E-state index in [9.17, 15) is 4.79 Å². The Labute approximate surface area is 179 Å². The minimum Gasteiger partial charge on any atom is -0.349 e. The normalized spacial score (nSPS) is 11.0. The van der Waals surface area contributed by atoms with Gasteiger partial charge in [0.2, 0.25) is 0 Å². The van der Waals surface area contributed by atoms with Crippen LogP contribution in [0, 0.1) is 0 Å². The molecule has 5 aromatic rings. The Kier molecular flexibility index (Phi) is 5.02. The van der Waals surface area contributed by atoms with Crippen molar-refractivity contribution in [1.82, 2.24) is 24.3 Å². The number of fused-ring (bicyclic) bond motifs is 1. The fourth-order valence-electron chi connectivity index (χ4n) is 3.64. The number of aromatic nitrogens is 4. The minimum absolute atomic E-state index is 0.186. The molecule has 4 aromatic heterocycles. The molecule has 0 aliphatic rings. The van der Waals surface area contributed by atoms with E-state index in [4.69, 9.17) is 4.98 Å². The number of carbonyl (C=O) groups is 1. The van der Waals surface area contributed by atoms with Gasteiger partial charge in [-0.1, -0.05) is 42.5 Å². The van der Waals surface area contributed by atoms with Gasteiger partial charge in [-0.05, 0) is 35.4 Å². The fourth-order valence-corrected chi connectivity index (χ4v) is 3.64. The molecule has 5 rings (SSSR count). The zero-order valence-corrected chi connectivity index (χ0v) is 16.8. The van der Waals surface area contributed by atoms with Gasteiger partial charge in [-0.25, -0.2) is 4.98 Å². The van der Waals surface area contributed by atoms with E-state index in [0.29, 0.717) is 12.2 Å². The largest absolute Gasteiger partial charge is 0.349 e. The van der Waals surface area contributed by atoms with E-state index < -0.39 is 0 Å². The van der Waals surface area contributed by atoms with Crippen molar-refractivity contribution in [3.63, 3.8) is 0 Å². The highest BCUT2D eigenvalue weighted by Crippen LogP contribution is 2.23. The SMILES string of the molecule is O=C(NCc1ccccc1)c1nc(-c2ccn(Cc3cccnc3)c2)n2ccccc12. The van der Waals surface area contributed by atoms with Gasteiger partial charge in [0.05, 0.1) is 5.52 Å². The molecule has 6 heteroatoms. The molecule has 0 saturated heterocycles. The number of pyridine rings is 2. The molecule has 0 atom stereocenters. The van der Waals surface area contributed by atoms with E-state index in [1.807, 2.05) is 95.9 Å². The number of rotatable bonds is 6. The maximum atomic E-state index is 12.9. The molecule has 0 fully saturated rings. The van der Waals surface area contributed by atoms with Crippen molar-refractivity contribution in [3.8, 4) is 11.4 Å². The van der Waals surface area contributed by atoms with Crippen LogP contribution in [0.1, 0.15) is 21.6 Å². The second-order valence-corrected chi connectivity index (χ2v) is 7.34. The summed E-state index contributed by atoms with van der Waals surface area (Å²) >= 11 is 0. The van der Waals surface area contributed by atoms with Crippen LogP contribution in [-0.2, 0) is 13.1 Å². The van der Waals surface area contributed by atoms with Gasteiger partial charge in [-0.3, -0.25) is 14.2 Å². The van der Waals surface area contributed by atoms with Crippen LogP contribution in [0.15, 0.2) is 97.7 Å². The average Bonchev–Trinajstić information content (AvgIpc) is 3.43. The van der Waals surface area contributed by atoms with Gasteiger partial charge in [-0.15, -0.1) is 0 Å². The number of benzene rings is 1. The summed E-state index contributed by atoms with van der Waals surface area (Å²) in [6.45, 7) is 1.18. The van der Waals surface area contributed by atoms with Gasteiger partial charge in [0.15, 0.2) is 5.69 Å². The van der Waals surface area contributed by atoms with Crippen molar-refractivity contribution >= 4 is 11.4 Å². The second kappa shape index (κ2) is 8.28. The maximum absolute atomic E-state index is 12.9. The monoisotopic (exact) mass is 407 g/mol. The number of imidazole rings is 1. The van der Waals surface area contributed by atoms with Crippen LogP contribution in [0.5, 0.6) is 0 Å². The van der Waals surface area contributed by atoms with Crippen LogP contribution >= 0.6 is 0 Å². The van der Waals surface area contributed by atoms with Crippen molar-refractivity contribution in [1.29, 1.82) is 0 Å². The van der Waals surface area contributed by atoms with Crippen molar-refractivity contribution in [2.45, 2.75) is 13.1 Å². The van der Waals surface area contributed by atoms with E-state index in [1.54, 1.807) is 6.20 Å². The number of carbonyl (C=O) groups excluding carboxylic acids is 1. The molecular formula is C25H21N5O. The van der Waals surface area contributed by atoms with Gasteiger partial charge in [0, 0.05) is 49.6 Å². The first-order valence-corrected chi connectivity index (χ1v) is 10.1. The molecule has 0 unspecified atom stereocenters. The topological polar surface area (TPSA) is 64.2 Å². The zero-order chi connectivity index (χ0) is 21.0. The minimum atomic E-state index is -0.186. The highest BCUT2D eigenvalue weighted by atomic mass is 16.1. The third kappa shape index (κ3) is 3.96. The molecule has 152 valence electrons. The number of nitrogens with one attached hydrogen (secondary N) is 1. The maximum Gasteiger partial charge on any atom is 0.272 e. The van der Waals surface area contributed by atoms with Gasteiger partial charge < -0.3 is 9.88 Å². The molecular weight excluding hydrogens is 386 g/mol. The van der Waals surface area contributed by atoms with Crippen molar-refractivity contribution in [3.05, 3.63) is 115 Å². The lowest BCUT2D eigenvalue weighted by Crippen LogP contribution is -2.23. The molecule has 0 bridgehead atoms. The van der Waals surface area contributed by atoms with Crippen LogP contribution in [-0.4, -0.2) is 24.8 Å². The number of hydrogen-bond donors (Lipinski definition) is 1. The lowest BCUT2D eigenvalue weighted by atomic mass is 10.2. The van der Waals surface area contributed by atoms with Crippen LogP contribution in [0.25, 0.3) is 16.9 Å². The fraction of sp³-hybridized carbons (Fsp3) is 0.0800. The average molecular weight is 407 g/mol. The number of amides is 1. The second-order valence-electron chi connectivity index (χ2n) is 7.34. The van der Waals surface area contributed by atoms with Crippen molar-refractivity contribution < 1.29 is 4.79 Å². The molecule has 0 aliphatic carbocycles. The van der Waals surface area contributed by atoms with E-state index >= 15 is 0 Å². The smallest absolute Gasteiger partial charge is 0.272 e. The summed E-state index contributed by atoms with van der Waals surface area (Å²) in [7, 11) is 0. The summed E-state index contributed by atoms with van der Waals surface area (Å²) < 4.78 is 4.05. The summed E-state index contributed by atoms with van der Waals surface area (Å²) in [5.41, 5.74) is 4.33. The number of nitrogens with zero attached hydrogens (tertiary/aromatic N) is 4. The summed E-state index contributed by atoms with van der Waals surface area (Å²) in [4.78, 5) is 21.8. The Hall–Kier alpha value is -4.19. The molecule has 0 radical (unpaired) electrons. The van der Waals surface area contributed by atoms with Crippen LogP contribution in [0.2, 0.25) is 0 Å². The van der Waals surface area contributed by atoms with Crippen LogP contribution < -0.4 is 5.32 Å². The molecule has 0 saturated carbocycles. The standard InChI is InChI=1S/C25H21N5O/c31-25(27-16-19-7-2-1-3-8-19)23-22-10-4-5-13-30(22)24(28-23)21-11-14-29(18-21)17-20-9-6-12-26-15-20/h1-15,18H,16-17H2,(H,27,31). The first kappa shape index (κ1) is 18.8. The first-order chi connectivity index (χ1) is 15.3. The predicted octanol–water partition coefficient (Wildman–Crippen LogP) is 4.18. The molecule has 1 amide bonds. The van der Waals surface area contributed by atoms with Gasteiger partial charge in [0.1, 0.15) is 5.82 Å².